The minimum atomic E-state index is -0.0881. The van der Waals surface area contributed by atoms with Gasteiger partial charge in [-0.25, -0.2) is 4.39 Å². The van der Waals surface area contributed by atoms with Gasteiger partial charge in [-0.3, -0.25) is 0 Å². The summed E-state index contributed by atoms with van der Waals surface area (Å²) in [5.41, 5.74) is 0.814. The van der Waals surface area contributed by atoms with Crippen molar-refractivity contribution >= 4 is 0 Å². The van der Waals surface area contributed by atoms with Gasteiger partial charge in [-0.1, -0.05) is 51.8 Å². The Kier molecular flexibility index (Phi) is 6.96. The Labute approximate surface area is 111 Å². The second-order valence-electron chi connectivity index (χ2n) is 5.16. The lowest BCUT2D eigenvalue weighted by Crippen LogP contribution is -2.25. The van der Waals surface area contributed by atoms with Crippen LogP contribution < -0.4 is 5.32 Å². The molecule has 1 aromatic rings. The zero-order chi connectivity index (χ0) is 13.4. The lowest BCUT2D eigenvalue weighted by molar-refractivity contribution is 0.381. The predicted octanol–water partition coefficient (Wildman–Crippen LogP) is 4.69. The molecule has 0 heterocycles. The van der Waals surface area contributed by atoms with Crippen molar-refractivity contribution in [2.24, 2.45) is 5.92 Å². The molecule has 0 fully saturated rings. The molecule has 102 valence electrons. The Morgan fingerprint density at radius 3 is 2.50 bits per heavy atom. The fraction of sp³-hybridized carbons (Fsp3) is 0.625. The predicted molar refractivity (Wildman–Crippen MR) is 76.1 cm³/mol. The maximum absolute atomic E-state index is 13.9. The SMILES string of the molecule is CCCNC(CC(C)CCC)c1ccccc1F. The molecule has 2 heteroatoms. The molecule has 1 aromatic carbocycles. The first-order valence-electron chi connectivity index (χ1n) is 7.16. The largest absolute Gasteiger partial charge is 0.310 e. The van der Waals surface area contributed by atoms with Crippen molar-refractivity contribution in [2.75, 3.05) is 6.54 Å². The van der Waals surface area contributed by atoms with E-state index in [0.29, 0.717) is 5.92 Å². The third-order valence-corrected chi connectivity index (χ3v) is 3.34. The van der Waals surface area contributed by atoms with Gasteiger partial charge in [0.2, 0.25) is 0 Å². The van der Waals surface area contributed by atoms with Crippen molar-refractivity contribution in [3.63, 3.8) is 0 Å². The smallest absolute Gasteiger partial charge is 0.127 e. The zero-order valence-electron chi connectivity index (χ0n) is 11.9. The van der Waals surface area contributed by atoms with Gasteiger partial charge in [-0.15, -0.1) is 0 Å². The summed E-state index contributed by atoms with van der Waals surface area (Å²) >= 11 is 0. The third kappa shape index (κ3) is 4.77. The van der Waals surface area contributed by atoms with Gasteiger partial charge in [-0.2, -0.15) is 0 Å². The monoisotopic (exact) mass is 251 g/mol. The molecule has 0 amide bonds. The number of nitrogens with one attached hydrogen (secondary N) is 1. The van der Waals surface area contributed by atoms with Crippen molar-refractivity contribution in [1.82, 2.24) is 5.32 Å². The summed E-state index contributed by atoms with van der Waals surface area (Å²) in [6, 6.07) is 7.28. The van der Waals surface area contributed by atoms with Crippen LogP contribution in [0.5, 0.6) is 0 Å². The molecule has 0 aliphatic heterocycles. The number of halogens is 1. The van der Waals surface area contributed by atoms with Gasteiger partial charge in [0.25, 0.3) is 0 Å². The van der Waals surface area contributed by atoms with E-state index in [1.807, 2.05) is 12.1 Å². The van der Waals surface area contributed by atoms with Crippen LogP contribution in [0.4, 0.5) is 4.39 Å². The molecular weight excluding hydrogens is 225 g/mol. The van der Waals surface area contributed by atoms with Crippen LogP contribution in [-0.4, -0.2) is 6.54 Å². The van der Waals surface area contributed by atoms with E-state index in [1.165, 1.54) is 12.8 Å². The van der Waals surface area contributed by atoms with Crippen LogP contribution in [-0.2, 0) is 0 Å². The quantitative estimate of drug-likeness (QED) is 0.706. The minimum absolute atomic E-state index is 0.0881. The minimum Gasteiger partial charge on any atom is -0.310 e. The second kappa shape index (κ2) is 8.25. The van der Waals surface area contributed by atoms with E-state index >= 15 is 0 Å². The summed E-state index contributed by atoms with van der Waals surface area (Å²) in [4.78, 5) is 0. The molecule has 18 heavy (non-hydrogen) atoms. The Morgan fingerprint density at radius 1 is 1.17 bits per heavy atom. The average Bonchev–Trinajstić information content (AvgIpc) is 2.35. The van der Waals surface area contributed by atoms with Gasteiger partial charge in [0.1, 0.15) is 5.82 Å². The molecule has 2 atom stereocenters. The van der Waals surface area contributed by atoms with Gasteiger partial charge >= 0.3 is 0 Å². The van der Waals surface area contributed by atoms with Crippen molar-refractivity contribution in [2.45, 2.75) is 52.5 Å². The Bertz CT molecular complexity index is 338. The highest BCUT2D eigenvalue weighted by atomic mass is 19.1. The average molecular weight is 251 g/mol. The number of hydrogen-bond acceptors (Lipinski definition) is 1. The first-order chi connectivity index (χ1) is 8.69. The molecule has 0 radical (unpaired) electrons. The summed E-state index contributed by atoms with van der Waals surface area (Å²) in [6.45, 7) is 7.54. The van der Waals surface area contributed by atoms with Crippen LogP contribution in [0.2, 0.25) is 0 Å². The van der Waals surface area contributed by atoms with E-state index in [-0.39, 0.29) is 11.9 Å². The Morgan fingerprint density at radius 2 is 1.89 bits per heavy atom. The van der Waals surface area contributed by atoms with E-state index < -0.39 is 0 Å². The normalized spacial score (nSPS) is 14.4. The Balaban J connectivity index is 2.74. The van der Waals surface area contributed by atoms with Crippen molar-refractivity contribution < 1.29 is 4.39 Å². The molecule has 0 bridgehead atoms. The molecule has 1 nitrogen and oxygen atoms in total. The fourth-order valence-electron chi connectivity index (χ4n) is 2.41. The van der Waals surface area contributed by atoms with Gasteiger partial charge in [0.05, 0.1) is 0 Å². The molecule has 0 spiro atoms. The van der Waals surface area contributed by atoms with Gasteiger partial charge in [-0.05, 0) is 31.4 Å². The molecule has 0 aromatic heterocycles. The van der Waals surface area contributed by atoms with Gasteiger partial charge in [0, 0.05) is 11.6 Å². The molecule has 1 rings (SSSR count). The standard InChI is InChI=1S/C16H26FN/c1-4-8-13(3)12-16(18-11-5-2)14-9-6-7-10-15(14)17/h6-7,9-10,13,16,18H,4-5,8,11-12H2,1-3H3. The number of rotatable bonds is 8. The topological polar surface area (TPSA) is 12.0 Å². The van der Waals surface area contributed by atoms with Crippen LogP contribution >= 0.6 is 0 Å². The second-order valence-corrected chi connectivity index (χ2v) is 5.16. The lowest BCUT2D eigenvalue weighted by atomic mass is 9.92. The maximum atomic E-state index is 13.9. The molecule has 0 saturated heterocycles. The van der Waals surface area contributed by atoms with E-state index in [0.717, 1.165) is 24.9 Å². The summed E-state index contributed by atoms with van der Waals surface area (Å²) < 4.78 is 13.9. The zero-order valence-corrected chi connectivity index (χ0v) is 11.9. The van der Waals surface area contributed by atoms with E-state index in [2.05, 4.69) is 26.1 Å². The highest BCUT2D eigenvalue weighted by molar-refractivity contribution is 5.21. The van der Waals surface area contributed by atoms with Gasteiger partial charge < -0.3 is 5.32 Å². The van der Waals surface area contributed by atoms with E-state index in [9.17, 15) is 4.39 Å². The first kappa shape index (κ1) is 15.2. The highest BCUT2D eigenvalue weighted by Crippen LogP contribution is 2.25. The molecular formula is C16H26FN. The van der Waals surface area contributed by atoms with Crippen LogP contribution in [0.25, 0.3) is 0 Å². The van der Waals surface area contributed by atoms with Crippen LogP contribution in [0.3, 0.4) is 0 Å². The van der Waals surface area contributed by atoms with Crippen molar-refractivity contribution in [3.8, 4) is 0 Å². The molecule has 2 unspecified atom stereocenters. The molecule has 0 aliphatic carbocycles. The Hall–Kier alpha value is -0.890. The van der Waals surface area contributed by atoms with E-state index in [1.54, 1.807) is 12.1 Å². The molecule has 1 N–H and O–H groups in total. The van der Waals surface area contributed by atoms with Crippen LogP contribution in [0.15, 0.2) is 24.3 Å². The number of hydrogen-bond donors (Lipinski definition) is 1. The van der Waals surface area contributed by atoms with Crippen LogP contribution in [0, 0.1) is 11.7 Å². The van der Waals surface area contributed by atoms with Crippen molar-refractivity contribution in [3.05, 3.63) is 35.6 Å². The third-order valence-electron chi connectivity index (χ3n) is 3.34. The van der Waals surface area contributed by atoms with Crippen LogP contribution in [0.1, 0.15) is 58.1 Å². The fourth-order valence-corrected chi connectivity index (χ4v) is 2.41. The molecule has 0 saturated carbocycles. The summed E-state index contributed by atoms with van der Waals surface area (Å²) in [7, 11) is 0. The van der Waals surface area contributed by atoms with Crippen molar-refractivity contribution in [1.29, 1.82) is 0 Å². The van der Waals surface area contributed by atoms with Gasteiger partial charge in [0.15, 0.2) is 0 Å². The maximum Gasteiger partial charge on any atom is 0.127 e. The highest BCUT2D eigenvalue weighted by Gasteiger charge is 2.17. The summed E-state index contributed by atoms with van der Waals surface area (Å²) in [5.74, 6) is 0.541. The lowest BCUT2D eigenvalue weighted by Gasteiger charge is -2.23. The summed E-state index contributed by atoms with van der Waals surface area (Å²) in [6.07, 6.45) is 4.49. The first-order valence-corrected chi connectivity index (χ1v) is 7.16. The number of benzene rings is 1. The molecule has 0 aliphatic rings. The van der Waals surface area contributed by atoms with E-state index in [4.69, 9.17) is 0 Å². The summed E-state index contributed by atoms with van der Waals surface area (Å²) in [5, 5.41) is 3.48.